The van der Waals surface area contributed by atoms with Crippen LogP contribution in [0.25, 0.3) is 0 Å². The Labute approximate surface area is 112 Å². The first-order valence-corrected chi connectivity index (χ1v) is 6.55. The summed E-state index contributed by atoms with van der Waals surface area (Å²) < 4.78 is 11.2. The van der Waals surface area contributed by atoms with Gasteiger partial charge in [-0.3, -0.25) is 0 Å². The van der Waals surface area contributed by atoms with E-state index in [4.69, 9.17) is 26.2 Å². The lowest BCUT2D eigenvalue weighted by atomic mass is 9.95. The molecule has 1 heterocycles. The van der Waals surface area contributed by atoms with Gasteiger partial charge in [-0.1, -0.05) is 11.6 Å². The van der Waals surface area contributed by atoms with Gasteiger partial charge in [-0.2, -0.15) is 0 Å². The number of hydrogen-bond acceptors (Lipinski definition) is 4. The fraction of sp³-hybridized carbons (Fsp3) is 0.615. The quantitative estimate of drug-likeness (QED) is 0.914. The van der Waals surface area contributed by atoms with Crippen molar-refractivity contribution in [3.05, 3.63) is 22.8 Å². The van der Waals surface area contributed by atoms with Crippen molar-refractivity contribution in [2.24, 2.45) is 0 Å². The monoisotopic (exact) mass is 271 g/mol. The molecule has 5 heteroatoms. The molecule has 2 unspecified atom stereocenters. The lowest BCUT2D eigenvalue weighted by Gasteiger charge is -2.28. The van der Waals surface area contributed by atoms with Crippen LogP contribution < -0.4 is 4.74 Å². The lowest BCUT2D eigenvalue weighted by molar-refractivity contribution is 0.0195. The van der Waals surface area contributed by atoms with Crippen LogP contribution in [-0.4, -0.2) is 29.4 Å². The molecule has 0 aliphatic heterocycles. The maximum Gasteiger partial charge on any atom is 0.232 e. The highest BCUT2D eigenvalue weighted by Crippen LogP contribution is 2.28. The Balaban J connectivity index is 2.00. The van der Waals surface area contributed by atoms with E-state index in [0.717, 1.165) is 25.7 Å². The SMILES string of the molecule is COC1CCCC(Oc2ncc(CO)cc2Cl)C1. The van der Waals surface area contributed by atoms with Gasteiger partial charge in [0, 0.05) is 19.7 Å². The van der Waals surface area contributed by atoms with Crippen LogP contribution in [0.1, 0.15) is 31.2 Å². The number of hydrogen-bond donors (Lipinski definition) is 1. The molecular formula is C13H18ClNO3. The van der Waals surface area contributed by atoms with Gasteiger partial charge < -0.3 is 14.6 Å². The maximum absolute atomic E-state index is 8.98. The Hall–Kier alpha value is -0.840. The van der Waals surface area contributed by atoms with Crippen LogP contribution in [0.5, 0.6) is 5.88 Å². The molecule has 0 radical (unpaired) electrons. The number of ether oxygens (including phenoxy) is 2. The van der Waals surface area contributed by atoms with Gasteiger partial charge in [-0.25, -0.2) is 4.98 Å². The molecule has 1 aromatic heterocycles. The highest BCUT2D eigenvalue weighted by molar-refractivity contribution is 6.31. The van der Waals surface area contributed by atoms with Crippen LogP contribution in [0.3, 0.4) is 0 Å². The van der Waals surface area contributed by atoms with Crippen LogP contribution >= 0.6 is 11.6 Å². The minimum Gasteiger partial charge on any atom is -0.473 e. The molecule has 2 atom stereocenters. The van der Waals surface area contributed by atoms with Gasteiger partial charge in [0.05, 0.1) is 12.7 Å². The van der Waals surface area contributed by atoms with E-state index in [0.29, 0.717) is 16.5 Å². The van der Waals surface area contributed by atoms with Crippen LogP contribution in [0.15, 0.2) is 12.3 Å². The molecule has 1 aliphatic rings. The number of nitrogens with zero attached hydrogens (tertiary/aromatic N) is 1. The van der Waals surface area contributed by atoms with E-state index in [1.54, 1.807) is 19.4 Å². The van der Waals surface area contributed by atoms with Crippen molar-refractivity contribution >= 4 is 11.6 Å². The molecule has 1 fully saturated rings. The van der Waals surface area contributed by atoms with Crippen molar-refractivity contribution in [2.75, 3.05) is 7.11 Å². The minimum absolute atomic E-state index is 0.0673. The largest absolute Gasteiger partial charge is 0.473 e. The predicted octanol–water partition coefficient (Wildman–Crippen LogP) is 2.56. The molecule has 0 aromatic carbocycles. The highest BCUT2D eigenvalue weighted by Gasteiger charge is 2.24. The number of pyridine rings is 1. The first kappa shape index (κ1) is 13.6. The number of methoxy groups -OCH3 is 1. The average Bonchev–Trinajstić information content (AvgIpc) is 2.41. The van der Waals surface area contributed by atoms with E-state index in [9.17, 15) is 0 Å². The van der Waals surface area contributed by atoms with Crippen LogP contribution in [-0.2, 0) is 11.3 Å². The van der Waals surface area contributed by atoms with Gasteiger partial charge in [-0.15, -0.1) is 0 Å². The zero-order valence-corrected chi connectivity index (χ0v) is 11.2. The van der Waals surface area contributed by atoms with Gasteiger partial charge >= 0.3 is 0 Å². The summed E-state index contributed by atoms with van der Waals surface area (Å²) in [5.74, 6) is 0.440. The second-order valence-electron chi connectivity index (χ2n) is 4.55. The standard InChI is InChI=1S/C13H18ClNO3/c1-17-10-3-2-4-11(6-10)18-13-12(14)5-9(8-16)7-15-13/h5,7,10-11,16H,2-4,6,8H2,1H3. The smallest absolute Gasteiger partial charge is 0.232 e. The molecule has 2 rings (SSSR count). The molecule has 18 heavy (non-hydrogen) atoms. The van der Waals surface area contributed by atoms with Crippen LogP contribution in [0.4, 0.5) is 0 Å². The predicted molar refractivity (Wildman–Crippen MR) is 68.9 cm³/mol. The zero-order valence-electron chi connectivity index (χ0n) is 10.4. The van der Waals surface area contributed by atoms with E-state index >= 15 is 0 Å². The van der Waals surface area contributed by atoms with Crippen molar-refractivity contribution in [3.63, 3.8) is 0 Å². The third-order valence-electron chi connectivity index (χ3n) is 3.24. The van der Waals surface area contributed by atoms with Gasteiger partial charge in [0.1, 0.15) is 11.1 Å². The zero-order chi connectivity index (χ0) is 13.0. The molecule has 0 spiro atoms. The first-order chi connectivity index (χ1) is 8.72. The number of aliphatic hydroxyl groups excluding tert-OH is 1. The summed E-state index contributed by atoms with van der Waals surface area (Å²) in [7, 11) is 1.73. The number of halogens is 1. The molecule has 1 aliphatic carbocycles. The summed E-state index contributed by atoms with van der Waals surface area (Å²) in [6.45, 7) is -0.0673. The Morgan fingerprint density at radius 2 is 2.22 bits per heavy atom. The number of aromatic nitrogens is 1. The summed E-state index contributed by atoms with van der Waals surface area (Å²) in [4.78, 5) is 4.14. The van der Waals surface area contributed by atoms with Gasteiger partial charge in [0.2, 0.25) is 5.88 Å². The Morgan fingerprint density at radius 3 is 2.89 bits per heavy atom. The van der Waals surface area contributed by atoms with Gasteiger partial charge in [0.15, 0.2) is 0 Å². The second kappa shape index (κ2) is 6.36. The maximum atomic E-state index is 8.98. The van der Waals surface area contributed by atoms with Crippen LogP contribution in [0.2, 0.25) is 5.02 Å². The van der Waals surface area contributed by atoms with E-state index < -0.39 is 0 Å². The molecule has 4 nitrogen and oxygen atoms in total. The summed E-state index contributed by atoms with van der Waals surface area (Å²) in [5.41, 5.74) is 0.686. The van der Waals surface area contributed by atoms with E-state index in [1.807, 2.05) is 0 Å². The van der Waals surface area contributed by atoms with Crippen molar-refractivity contribution in [1.29, 1.82) is 0 Å². The van der Waals surface area contributed by atoms with Crippen molar-refractivity contribution in [1.82, 2.24) is 4.98 Å². The molecule has 1 N–H and O–H groups in total. The highest BCUT2D eigenvalue weighted by atomic mass is 35.5. The minimum atomic E-state index is -0.0673. The molecule has 1 saturated carbocycles. The van der Waals surface area contributed by atoms with Crippen molar-refractivity contribution < 1.29 is 14.6 Å². The summed E-state index contributed by atoms with van der Waals surface area (Å²) in [6, 6.07) is 1.68. The molecule has 0 saturated heterocycles. The average molecular weight is 272 g/mol. The molecule has 1 aromatic rings. The van der Waals surface area contributed by atoms with Crippen molar-refractivity contribution in [3.8, 4) is 5.88 Å². The topological polar surface area (TPSA) is 51.6 Å². The second-order valence-corrected chi connectivity index (χ2v) is 4.96. The van der Waals surface area contributed by atoms with Gasteiger partial charge in [0.25, 0.3) is 0 Å². The molecule has 0 amide bonds. The summed E-state index contributed by atoms with van der Waals surface area (Å²) in [6.07, 6.45) is 6.00. The molecule has 0 bridgehead atoms. The van der Waals surface area contributed by atoms with Crippen molar-refractivity contribution in [2.45, 2.75) is 44.5 Å². The summed E-state index contributed by atoms with van der Waals surface area (Å²) in [5, 5.41) is 9.43. The number of rotatable bonds is 4. The van der Waals surface area contributed by atoms with Crippen LogP contribution in [0, 0.1) is 0 Å². The third-order valence-corrected chi connectivity index (χ3v) is 3.51. The Morgan fingerprint density at radius 1 is 1.44 bits per heavy atom. The normalized spacial score (nSPS) is 23.9. The van der Waals surface area contributed by atoms with E-state index in [1.165, 1.54) is 0 Å². The summed E-state index contributed by atoms with van der Waals surface area (Å²) >= 11 is 6.07. The Kier molecular flexibility index (Phi) is 4.80. The number of aliphatic hydroxyl groups is 1. The first-order valence-electron chi connectivity index (χ1n) is 6.17. The third kappa shape index (κ3) is 3.34. The molecular weight excluding hydrogens is 254 g/mol. The fourth-order valence-corrected chi connectivity index (χ4v) is 2.45. The Bertz CT molecular complexity index is 400. The lowest BCUT2D eigenvalue weighted by Crippen LogP contribution is -2.29. The van der Waals surface area contributed by atoms with E-state index in [2.05, 4.69) is 4.98 Å². The fourth-order valence-electron chi connectivity index (χ4n) is 2.22. The van der Waals surface area contributed by atoms with Gasteiger partial charge in [-0.05, 0) is 30.9 Å². The molecule has 100 valence electrons. The van der Waals surface area contributed by atoms with E-state index in [-0.39, 0.29) is 18.8 Å².